The molecule has 4 aromatic rings. The number of ether oxygens (including phenoxy) is 1. The highest BCUT2D eigenvalue weighted by molar-refractivity contribution is 7.92. The summed E-state index contributed by atoms with van der Waals surface area (Å²) in [5, 5.41) is 0.224. The monoisotopic (exact) mass is 444 g/mol. The van der Waals surface area contributed by atoms with Crippen molar-refractivity contribution in [1.29, 1.82) is 0 Å². The van der Waals surface area contributed by atoms with Crippen LogP contribution in [0.3, 0.4) is 0 Å². The number of hydrogen-bond donors (Lipinski definition) is 3. The molecule has 0 saturated heterocycles. The van der Waals surface area contributed by atoms with Crippen molar-refractivity contribution >= 4 is 38.2 Å². The normalized spacial score (nSPS) is 11.4. The Balaban J connectivity index is 1.62. The first-order valence-corrected chi connectivity index (χ1v) is 10.3. The minimum atomic E-state index is -4.02. The van der Waals surface area contributed by atoms with Crippen molar-refractivity contribution in [2.24, 2.45) is 0 Å². The highest BCUT2D eigenvalue weighted by Crippen LogP contribution is 2.32. The van der Waals surface area contributed by atoms with E-state index >= 15 is 0 Å². The molecule has 9 nitrogen and oxygen atoms in total. The molecule has 11 heteroatoms. The van der Waals surface area contributed by atoms with Gasteiger partial charge >= 0.3 is 5.69 Å². The van der Waals surface area contributed by atoms with E-state index < -0.39 is 21.3 Å². The molecule has 0 amide bonds. The van der Waals surface area contributed by atoms with Gasteiger partial charge in [-0.1, -0.05) is 11.6 Å². The summed E-state index contributed by atoms with van der Waals surface area (Å²) in [4.78, 5) is 31.6. The number of fused-ring (bicyclic) bond motifs is 1. The minimum Gasteiger partial charge on any atom is -0.454 e. The highest BCUT2D eigenvalue weighted by Gasteiger charge is 2.17. The number of H-pyrrole nitrogens is 2. The van der Waals surface area contributed by atoms with E-state index in [1.807, 2.05) is 0 Å². The third kappa shape index (κ3) is 4.04. The summed E-state index contributed by atoms with van der Waals surface area (Å²) < 4.78 is 33.5. The summed E-state index contributed by atoms with van der Waals surface area (Å²) in [6.45, 7) is 0. The van der Waals surface area contributed by atoms with Crippen LogP contribution < -0.4 is 20.7 Å². The molecule has 0 aliphatic rings. The molecule has 0 aliphatic heterocycles. The molecule has 3 N–H and O–H groups in total. The fraction of sp³-hybridized carbons (Fsp3) is 0. The lowest BCUT2D eigenvalue weighted by Gasteiger charge is -2.11. The van der Waals surface area contributed by atoms with Crippen molar-refractivity contribution < 1.29 is 13.2 Å². The summed E-state index contributed by atoms with van der Waals surface area (Å²) in [7, 11) is -4.02. The summed E-state index contributed by atoms with van der Waals surface area (Å²) in [5.41, 5.74) is -0.938. The highest BCUT2D eigenvalue weighted by atomic mass is 35.5. The van der Waals surface area contributed by atoms with Gasteiger partial charge in [-0.05, 0) is 48.5 Å². The molecule has 2 heterocycles. The second kappa shape index (κ2) is 7.65. The molecule has 0 aliphatic carbocycles. The zero-order chi connectivity index (χ0) is 21.3. The molecular formula is C19H13ClN4O5S. The predicted molar refractivity (Wildman–Crippen MR) is 112 cm³/mol. The lowest BCUT2D eigenvalue weighted by molar-refractivity contribution is 0.480. The van der Waals surface area contributed by atoms with E-state index in [1.165, 1.54) is 42.6 Å². The molecule has 0 saturated carbocycles. The molecule has 0 bridgehead atoms. The third-order valence-electron chi connectivity index (χ3n) is 4.07. The van der Waals surface area contributed by atoms with E-state index in [-0.39, 0.29) is 26.5 Å². The zero-order valence-corrected chi connectivity index (χ0v) is 16.6. The van der Waals surface area contributed by atoms with Crippen LogP contribution >= 0.6 is 11.6 Å². The summed E-state index contributed by atoms with van der Waals surface area (Å²) in [6, 6.07) is 11.6. The molecule has 0 unspecified atom stereocenters. The standard InChI is InChI=1S/C19H13ClN4O5S/c20-15-8-11(3-6-17(15)29-12-2-1-7-21-10-12)24-30(27,28)13-4-5-16-14(9-13)18(25)23-19(26)22-16/h1-10,24H,(H2,22,23,25,26). The Hall–Kier alpha value is -3.63. The number of anilines is 1. The van der Waals surface area contributed by atoms with Gasteiger partial charge in [-0.25, -0.2) is 13.2 Å². The minimum absolute atomic E-state index is 0.0377. The van der Waals surface area contributed by atoms with Gasteiger partial charge in [-0.15, -0.1) is 0 Å². The van der Waals surface area contributed by atoms with Gasteiger partial charge < -0.3 is 9.72 Å². The molecule has 0 spiro atoms. The van der Waals surface area contributed by atoms with Gasteiger partial charge in [0, 0.05) is 6.20 Å². The Morgan fingerprint density at radius 2 is 1.87 bits per heavy atom. The van der Waals surface area contributed by atoms with Gasteiger partial charge in [0.15, 0.2) is 0 Å². The van der Waals surface area contributed by atoms with Gasteiger partial charge in [0.25, 0.3) is 15.6 Å². The first kappa shape index (κ1) is 19.7. The lowest BCUT2D eigenvalue weighted by Crippen LogP contribution is -2.22. The molecule has 152 valence electrons. The molecule has 0 fully saturated rings. The Kier molecular flexibility index (Phi) is 5.02. The van der Waals surface area contributed by atoms with Crippen molar-refractivity contribution in [3.8, 4) is 11.5 Å². The molecule has 30 heavy (non-hydrogen) atoms. The Labute approximate surface area is 174 Å². The van der Waals surface area contributed by atoms with Crippen LogP contribution in [0.2, 0.25) is 5.02 Å². The van der Waals surface area contributed by atoms with Crippen LogP contribution in [0, 0.1) is 0 Å². The number of rotatable bonds is 5. The van der Waals surface area contributed by atoms with Crippen LogP contribution in [-0.2, 0) is 10.0 Å². The number of halogens is 1. The van der Waals surface area contributed by atoms with Crippen LogP contribution in [-0.4, -0.2) is 23.4 Å². The van der Waals surface area contributed by atoms with E-state index in [1.54, 1.807) is 18.3 Å². The van der Waals surface area contributed by atoms with E-state index in [9.17, 15) is 18.0 Å². The van der Waals surface area contributed by atoms with Crippen molar-refractivity contribution in [2.75, 3.05) is 4.72 Å². The third-order valence-corrected chi connectivity index (χ3v) is 5.74. The topological polar surface area (TPSA) is 134 Å². The molecule has 0 radical (unpaired) electrons. The summed E-state index contributed by atoms with van der Waals surface area (Å²) in [5.74, 6) is 0.806. The first-order chi connectivity index (χ1) is 14.3. The van der Waals surface area contributed by atoms with Gasteiger partial charge in [-0.2, -0.15) is 0 Å². The summed E-state index contributed by atoms with van der Waals surface area (Å²) in [6.07, 6.45) is 3.12. The molecular weight excluding hydrogens is 432 g/mol. The Morgan fingerprint density at radius 3 is 2.60 bits per heavy atom. The van der Waals surface area contributed by atoms with E-state index in [2.05, 4.69) is 19.7 Å². The van der Waals surface area contributed by atoms with Gasteiger partial charge in [0.05, 0.1) is 32.7 Å². The number of nitrogens with zero attached hydrogens (tertiary/aromatic N) is 1. The number of aromatic nitrogens is 3. The maximum atomic E-state index is 12.7. The molecule has 0 atom stereocenters. The molecule has 4 rings (SSSR count). The second-order valence-corrected chi connectivity index (χ2v) is 8.25. The van der Waals surface area contributed by atoms with Crippen molar-refractivity contribution in [3.05, 3.63) is 86.8 Å². The van der Waals surface area contributed by atoms with Gasteiger partial charge in [-0.3, -0.25) is 19.5 Å². The number of hydrogen-bond acceptors (Lipinski definition) is 6. The fourth-order valence-corrected chi connectivity index (χ4v) is 4.00. The van der Waals surface area contributed by atoms with Crippen molar-refractivity contribution in [1.82, 2.24) is 15.0 Å². The van der Waals surface area contributed by atoms with Crippen LogP contribution in [0.25, 0.3) is 10.9 Å². The number of nitrogens with one attached hydrogen (secondary N) is 3. The van der Waals surface area contributed by atoms with E-state index in [0.717, 1.165) is 0 Å². The van der Waals surface area contributed by atoms with Crippen molar-refractivity contribution in [2.45, 2.75) is 4.90 Å². The van der Waals surface area contributed by atoms with Crippen LogP contribution in [0.4, 0.5) is 5.69 Å². The van der Waals surface area contributed by atoms with Crippen LogP contribution in [0.5, 0.6) is 11.5 Å². The zero-order valence-electron chi connectivity index (χ0n) is 15.0. The number of benzene rings is 2. The second-order valence-electron chi connectivity index (χ2n) is 6.16. The van der Waals surface area contributed by atoms with E-state index in [0.29, 0.717) is 11.5 Å². The largest absolute Gasteiger partial charge is 0.454 e. The molecule has 2 aromatic heterocycles. The Morgan fingerprint density at radius 1 is 1.03 bits per heavy atom. The fourth-order valence-electron chi connectivity index (χ4n) is 2.71. The maximum absolute atomic E-state index is 12.7. The predicted octanol–water partition coefficient (Wildman–Crippen LogP) is 2.86. The first-order valence-electron chi connectivity index (χ1n) is 8.48. The summed E-state index contributed by atoms with van der Waals surface area (Å²) >= 11 is 6.21. The van der Waals surface area contributed by atoms with Gasteiger partial charge in [0.2, 0.25) is 0 Å². The number of sulfonamides is 1. The maximum Gasteiger partial charge on any atom is 0.326 e. The Bertz CT molecular complexity index is 1470. The quantitative estimate of drug-likeness (QED) is 0.433. The van der Waals surface area contributed by atoms with Crippen LogP contribution in [0.1, 0.15) is 0 Å². The average molecular weight is 445 g/mol. The molecule has 2 aromatic carbocycles. The van der Waals surface area contributed by atoms with Crippen molar-refractivity contribution in [3.63, 3.8) is 0 Å². The number of pyridine rings is 1. The smallest absolute Gasteiger partial charge is 0.326 e. The SMILES string of the molecule is O=c1[nH]c(=O)c2cc(S(=O)(=O)Nc3ccc(Oc4cccnc4)c(Cl)c3)ccc2[nH]1. The van der Waals surface area contributed by atoms with Crippen LogP contribution in [0.15, 0.2) is 75.4 Å². The van der Waals surface area contributed by atoms with Gasteiger partial charge in [0.1, 0.15) is 11.5 Å². The lowest BCUT2D eigenvalue weighted by atomic mass is 10.2. The van der Waals surface area contributed by atoms with E-state index in [4.69, 9.17) is 16.3 Å². The average Bonchev–Trinajstić information content (AvgIpc) is 2.70. The number of aromatic amines is 2.